The van der Waals surface area contributed by atoms with Crippen molar-refractivity contribution in [2.75, 3.05) is 0 Å². The Morgan fingerprint density at radius 1 is 0.800 bits per heavy atom. The Morgan fingerprint density at radius 2 is 1.45 bits per heavy atom. The molecule has 0 N–H and O–H groups in total. The minimum absolute atomic E-state index is 0.130. The van der Waals surface area contributed by atoms with Crippen molar-refractivity contribution in [1.29, 1.82) is 0 Å². The van der Waals surface area contributed by atoms with Crippen molar-refractivity contribution in [3.05, 3.63) is 65.7 Å². The fraction of sp³-hybridized carbons (Fsp3) is 0.368. The lowest BCUT2D eigenvalue weighted by atomic mass is 9.99. The summed E-state index contributed by atoms with van der Waals surface area (Å²) in [6.45, 7) is 6.64. The third-order valence-corrected chi connectivity index (χ3v) is 3.88. The van der Waals surface area contributed by atoms with Gasteiger partial charge in [0.2, 0.25) is 0 Å². The molecule has 0 radical (unpaired) electrons. The molecular weight excluding hydrogens is 244 g/mol. The van der Waals surface area contributed by atoms with E-state index in [4.69, 9.17) is 4.74 Å². The lowest BCUT2D eigenvalue weighted by Gasteiger charge is -2.18. The highest BCUT2D eigenvalue weighted by atomic mass is 16.5. The van der Waals surface area contributed by atoms with E-state index in [0.717, 1.165) is 12.2 Å². The average molecular weight is 268 g/mol. The summed E-state index contributed by atoms with van der Waals surface area (Å²) in [5.41, 5.74) is 2.62. The molecule has 0 bridgehead atoms. The molecule has 0 saturated heterocycles. The Labute approximate surface area is 122 Å². The van der Waals surface area contributed by atoms with Gasteiger partial charge in [-0.05, 0) is 42.0 Å². The Kier molecular flexibility index (Phi) is 5.23. The third kappa shape index (κ3) is 3.63. The predicted octanol–water partition coefficient (Wildman–Crippen LogP) is 5.73. The maximum absolute atomic E-state index is 6.12. The van der Waals surface area contributed by atoms with E-state index in [0.29, 0.717) is 5.92 Å². The highest BCUT2D eigenvalue weighted by Crippen LogP contribution is 2.26. The molecule has 2 aromatic carbocycles. The van der Waals surface area contributed by atoms with Crippen LogP contribution < -0.4 is 4.74 Å². The molecule has 2 unspecified atom stereocenters. The van der Waals surface area contributed by atoms with Crippen LogP contribution in [0.4, 0.5) is 0 Å². The molecule has 2 aromatic rings. The highest BCUT2D eigenvalue weighted by molar-refractivity contribution is 5.30. The summed E-state index contributed by atoms with van der Waals surface area (Å²) in [7, 11) is 0. The van der Waals surface area contributed by atoms with Gasteiger partial charge in [-0.15, -0.1) is 0 Å². The first-order chi connectivity index (χ1) is 9.74. The van der Waals surface area contributed by atoms with Crippen molar-refractivity contribution in [3.8, 4) is 5.75 Å². The Morgan fingerprint density at radius 3 is 2.00 bits per heavy atom. The van der Waals surface area contributed by atoms with Gasteiger partial charge >= 0.3 is 0 Å². The quantitative estimate of drug-likeness (QED) is 0.650. The standard InChI is InChI=1S/C19H24O/c1-4-15(3)16-11-13-18(14-12-16)20-19(5-2)17-9-7-6-8-10-17/h6-15,19H,4-5H2,1-3H3. The summed E-state index contributed by atoms with van der Waals surface area (Å²) in [5.74, 6) is 1.56. The van der Waals surface area contributed by atoms with Crippen LogP contribution >= 0.6 is 0 Å². The zero-order valence-electron chi connectivity index (χ0n) is 12.7. The second-order valence-corrected chi connectivity index (χ2v) is 5.30. The van der Waals surface area contributed by atoms with E-state index < -0.39 is 0 Å². The molecule has 0 saturated carbocycles. The lowest BCUT2D eigenvalue weighted by molar-refractivity contribution is 0.201. The molecule has 20 heavy (non-hydrogen) atoms. The van der Waals surface area contributed by atoms with Crippen LogP contribution in [0.3, 0.4) is 0 Å². The maximum Gasteiger partial charge on any atom is 0.123 e. The second-order valence-electron chi connectivity index (χ2n) is 5.30. The van der Waals surface area contributed by atoms with E-state index in [2.05, 4.69) is 69.3 Å². The van der Waals surface area contributed by atoms with Crippen LogP contribution in [0.2, 0.25) is 0 Å². The van der Waals surface area contributed by atoms with E-state index in [-0.39, 0.29) is 6.10 Å². The first-order valence-corrected chi connectivity index (χ1v) is 7.56. The van der Waals surface area contributed by atoms with Gasteiger partial charge in [-0.3, -0.25) is 0 Å². The summed E-state index contributed by atoms with van der Waals surface area (Å²) in [4.78, 5) is 0. The molecule has 0 aliphatic carbocycles. The first-order valence-electron chi connectivity index (χ1n) is 7.56. The van der Waals surface area contributed by atoms with Gasteiger partial charge in [0, 0.05) is 0 Å². The minimum atomic E-state index is 0.130. The molecular formula is C19H24O. The van der Waals surface area contributed by atoms with Crippen LogP contribution in [-0.2, 0) is 0 Å². The summed E-state index contributed by atoms with van der Waals surface area (Å²) >= 11 is 0. The van der Waals surface area contributed by atoms with Crippen molar-refractivity contribution in [1.82, 2.24) is 0 Å². The molecule has 0 spiro atoms. The number of hydrogen-bond acceptors (Lipinski definition) is 1. The number of benzene rings is 2. The molecule has 0 amide bonds. The van der Waals surface area contributed by atoms with Crippen LogP contribution in [0.25, 0.3) is 0 Å². The monoisotopic (exact) mass is 268 g/mol. The smallest absolute Gasteiger partial charge is 0.123 e. The maximum atomic E-state index is 6.12. The van der Waals surface area contributed by atoms with Gasteiger partial charge in [-0.2, -0.15) is 0 Å². The van der Waals surface area contributed by atoms with Crippen LogP contribution in [0.5, 0.6) is 5.75 Å². The normalized spacial score (nSPS) is 13.8. The fourth-order valence-corrected chi connectivity index (χ4v) is 2.33. The topological polar surface area (TPSA) is 9.23 Å². The van der Waals surface area contributed by atoms with Crippen LogP contribution in [0.15, 0.2) is 54.6 Å². The third-order valence-electron chi connectivity index (χ3n) is 3.88. The first kappa shape index (κ1) is 14.6. The van der Waals surface area contributed by atoms with Gasteiger partial charge in [0.15, 0.2) is 0 Å². The molecule has 0 aromatic heterocycles. The second kappa shape index (κ2) is 7.14. The molecule has 1 heteroatoms. The van der Waals surface area contributed by atoms with E-state index in [1.165, 1.54) is 17.5 Å². The molecule has 1 nitrogen and oxygen atoms in total. The Balaban J connectivity index is 2.08. The fourth-order valence-electron chi connectivity index (χ4n) is 2.33. The summed E-state index contributed by atoms with van der Waals surface area (Å²) < 4.78 is 6.12. The van der Waals surface area contributed by atoms with Crippen molar-refractivity contribution in [3.63, 3.8) is 0 Å². The molecule has 0 fully saturated rings. The molecule has 106 valence electrons. The lowest BCUT2D eigenvalue weighted by Crippen LogP contribution is -2.06. The molecule has 2 atom stereocenters. The van der Waals surface area contributed by atoms with Gasteiger partial charge in [-0.1, -0.05) is 63.2 Å². The molecule has 0 heterocycles. The van der Waals surface area contributed by atoms with Gasteiger partial charge in [-0.25, -0.2) is 0 Å². The SMILES string of the molecule is CCC(C)c1ccc(OC(CC)c2ccccc2)cc1. The van der Waals surface area contributed by atoms with Gasteiger partial charge < -0.3 is 4.74 Å². The van der Waals surface area contributed by atoms with E-state index >= 15 is 0 Å². The van der Waals surface area contributed by atoms with Gasteiger partial charge in [0.1, 0.15) is 11.9 Å². The molecule has 0 aliphatic rings. The van der Waals surface area contributed by atoms with Crippen molar-refractivity contribution in [2.45, 2.75) is 45.6 Å². The average Bonchev–Trinajstić information content (AvgIpc) is 2.53. The van der Waals surface area contributed by atoms with Crippen molar-refractivity contribution in [2.24, 2.45) is 0 Å². The van der Waals surface area contributed by atoms with Crippen molar-refractivity contribution < 1.29 is 4.74 Å². The largest absolute Gasteiger partial charge is 0.486 e. The van der Waals surface area contributed by atoms with Gasteiger partial charge in [0.05, 0.1) is 0 Å². The Bertz CT molecular complexity index is 501. The summed E-state index contributed by atoms with van der Waals surface area (Å²) in [6, 6.07) is 19.0. The molecule has 2 rings (SSSR count). The minimum Gasteiger partial charge on any atom is -0.486 e. The zero-order valence-corrected chi connectivity index (χ0v) is 12.7. The van der Waals surface area contributed by atoms with E-state index in [9.17, 15) is 0 Å². The number of rotatable bonds is 6. The summed E-state index contributed by atoms with van der Waals surface area (Å²) in [5, 5.41) is 0. The van der Waals surface area contributed by atoms with E-state index in [1.807, 2.05) is 6.07 Å². The van der Waals surface area contributed by atoms with Crippen LogP contribution in [0, 0.1) is 0 Å². The van der Waals surface area contributed by atoms with Crippen LogP contribution in [0.1, 0.15) is 56.8 Å². The Hall–Kier alpha value is -1.76. The van der Waals surface area contributed by atoms with Crippen molar-refractivity contribution >= 4 is 0 Å². The predicted molar refractivity (Wildman–Crippen MR) is 85.3 cm³/mol. The van der Waals surface area contributed by atoms with Crippen LogP contribution in [-0.4, -0.2) is 0 Å². The van der Waals surface area contributed by atoms with E-state index in [1.54, 1.807) is 0 Å². The molecule has 0 aliphatic heterocycles. The van der Waals surface area contributed by atoms with Gasteiger partial charge in [0.25, 0.3) is 0 Å². The number of ether oxygens (including phenoxy) is 1. The summed E-state index contributed by atoms with van der Waals surface area (Å²) in [6.07, 6.45) is 2.27. The highest BCUT2D eigenvalue weighted by Gasteiger charge is 2.11. The number of hydrogen-bond donors (Lipinski definition) is 0. The zero-order chi connectivity index (χ0) is 14.4.